The van der Waals surface area contributed by atoms with Crippen molar-refractivity contribution in [3.05, 3.63) is 83.9 Å². The molecule has 33 heavy (non-hydrogen) atoms. The molecule has 0 radical (unpaired) electrons. The number of para-hydroxylation sites is 2. The van der Waals surface area contributed by atoms with E-state index in [1.807, 2.05) is 18.2 Å². The molecule has 1 atom stereocenters. The largest absolute Gasteiger partial charge is 0.378 e. The molecule has 1 amide bonds. The van der Waals surface area contributed by atoms with Crippen LogP contribution in [0.5, 0.6) is 0 Å². The summed E-state index contributed by atoms with van der Waals surface area (Å²) in [6.07, 6.45) is 0. The predicted molar refractivity (Wildman–Crippen MR) is 135 cm³/mol. The van der Waals surface area contributed by atoms with Crippen LogP contribution in [0.3, 0.4) is 0 Å². The molecule has 0 spiro atoms. The molecule has 0 aliphatic carbocycles. The first-order chi connectivity index (χ1) is 16.1. The first-order valence-corrected chi connectivity index (χ1v) is 11.8. The fourth-order valence-corrected chi connectivity index (χ4v) is 4.89. The van der Waals surface area contributed by atoms with E-state index in [9.17, 15) is 4.79 Å². The van der Waals surface area contributed by atoms with E-state index in [2.05, 4.69) is 83.6 Å². The molecule has 0 bridgehead atoms. The van der Waals surface area contributed by atoms with Crippen molar-refractivity contribution in [2.24, 2.45) is 0 Å². The van der Waals surface area contributed by atoms with Gasteiger partial charge >= 0.3 is 0 Å². The molecule has 3 aromatic rings. The molecule has 1 fully saturated rings. The van der Waals surface area contributed by atoms with Gasteiger partial charge in [0.05, 0.1) is 19.1 Å². The minimum absolute atomic E-state index is 0.0334. The van der Waals surface area contributed by atoms with Gasteiger partial charge in [0.2, 0.25) is 5.91 Å². The van der Waals surface area contributed by atoms with Crippen LogP contribution in [0.25, 0.3) is 0 Å². The summed E-state index contributed by atoms with van der Waals surface area (Å²) >= 11 is 0. The summed E-state index contributed by atoms with van der Waals surface area (Å²) in [5, 5.41) is 3.16. The summed E-state index contributed by atoms with van der Waals surface area (Å²) in [5.74, 6) is 0.220. The molecule has 2 aliphatic rings. The molecular formula is C28H31N3O2. The van der Waals surface area contributed by atoms with Gasteiger partial charge in [-0.1, -0.05) is 50.2 Å². The van der Waals surface area contributed by atoms with Crippen molar-refractivity contribution in [2.45, 2.75) is 25.7 Å². The lowest BCUT2D eigenvalue weighted by Crippen LogP contribution is -2.36. The van der Waals surface area contributed by atoms with Gasteiger partial charge in [-0.2, -0.15) is 0 Å². The molecular weight excluding hydrogens is 410 g/mol. The maximum atomic E-state index is 13.4. The zero-order valence-corrected chi connectivity index (χ0v) is 19.3. The Balaban J connectivity index is 1.36. The highest BCUT2D eigenvalue weighted by Crippen LogP contribution is 2.43. The van der Waals surface area contributed by atoms with Gasteiger partial charge < -0.3 is 19.9 Å². The Bertz CT molecular complexity index is 1120. The fourth-order valence-electron chi connectivity index (χ4n) is 4.89. The number of fused-ring (bicyclic) bond motifs is 1. The van der Waals surface area contributed by atoms with Gasteiger partial charge in [0.15, 0.2) is 0 Å². The zero-order chi connectivity index (χ0) is 22.8. The lowest BCUT2D eigenvalue weighted by Gasteiger charge is -2.29. The predicted octanol–water partition coefficient (Wildman–Crippen LogP) is 5.52. The number of morpholine rings is 1. The normalized spacial score (nSPS) is 17.8. The Hall–Kier alpha value is -3.31. The number of benzene rings is 3. The number of amides is 1. The SMILES string of the molecule is CC(C)c1ccccc1N1CC(C(=O)Nc2ccc(N3CCOCC3)cc2)c2ccccc21. The summed E-state index contributed by atoms with van der Waals surface area (Å²) in [7, 11) is 0. The molecule has 0 saturated carbocycles. The Morgan fingerprint density at radius 1 is 0.909 bits per heavy atom. The van der Waals surface area contributed by atoms with E-state index in [-0.39, 0.29) is 11.8 Å². The van der Waals surface area contributed by atoms with Crippen molar-refractivity contribution >= 4 is 28.7 Å². The minimum atomic E-state index is -0.222. The third kappa shape index (κ3) is 4.33. The maximum Gasteiger partial charge on any atom is 0.233 e. The highest BCUT2D eigenvalue weighted by atomic mass is 16.5. The number of nitrogens with zero attached hydrogens (tertiary/aromatic N) is 2. The van der Waals surface area contributed by atoms with E-state index in [1.54, 1.807) is 0 Å². The van der Waals surface area contributed by atoms with Crippen molar-refractivity contribution < 1.29 is 9.53 Å². The minimum Gasteiger partial charge on any atom is -0.378 e. The van der Waals surface area contributed by atoms with Crippen LogP contribution in [0.1, 0.15) is 36.8 Å². The van der Waals surface area contributed by atoms with Crippen LogP contribution < -0.4 is 15.1 Å². The molecule has 2 heterocycles. The van der Waals surface area contributed by atoms with Crippen LogP contribution in [-0.4, -0.2) is 38.8 Å². The molecule has 0 aromatic heterocycles. The third-order valence-electron chi connectivity index (χ3n) is 6.65. The van der Waals surface area contributed by atoms with Gasteiger partial charge in [0.25, 0.3) is 0 Å². The second-order valence-corrected chi connectivity index (χ2v) is 9.07. The standard InChI is InChI=1S/C28H31N3O2/c1-20(2)23-7-3-5-9-26(23)31-19-25(24-8-4-6-10-27(24)31)28(32)29-21-11-13-22(14-12-21)30-15-17-33-18-16-30/h3-14,20,25H,15-19H2,1-2H3,(H,29,32). The summed E-state index contributed by atoms with van der Waals surface area (Å²) in [6, 6.07) is 24.9. The molecule has 1 N–H and O–H groups in total. The first kappa shape index (κ1) is 21.5. The van der Waals surface area contributed by atoms with E-state index < -0.39 is 0 Å². The third-order valence-corrected chi connectivity index (χ3v) is 6.65. The van der Waals surface area contributed by atoms with Gasteiger partial charge in [0.1, 0.15) is 0 Å². The molecule has 3 aromatic carbocycles. The van der Waals surface area contributed by atoms with Crippen LogP contribution >= 0.6 is 0 Å². The molecule has 5 heteroatoms. The van der Waals surface area contributed by atoms with Gasteiger partial charge in [-0.05, 0) is 53.4 Å². The van der Waals surface area contributed by atoms with Gasteiger partial charge in [-0.25, -0.2) is 0 Å². The maximum absolute atomic E-state index is 13.4. The highest BCUT2D eigenvalue weighted by molar-refractivity contribution is 5.99. The summed E-state index contributed by atoms with van der Waals surface area (Å²) in [4.78, 5) is 18.0. The number of carbonyl (C=O) groups is 1. The number of hydrogen-bond donors (Lipinski definition) is 1. The first-order valence-electron chi connectivity index (χ1n) is 11.8. The quantitative estimate of drug-likeness (QED) is 0.566. The summed E-state index contributed by atoms with van der Waals surface area (Å²) in [5.41, 5.74) is 6.68. The Morgan fingerprint density at radius 3 is 2.30 bits per heavy atom. The smallest absolute Gasteiger partial charge is 0.233 e. The summed E-state index contributed by atoms with van der Waals surface area (Å²) in [6.45, 7) is 8.39. The van der Waals surface area contributed by atoms with Crippen molar-refractivity contribution in [1.82, 2.24) is 0 Å². The van der Waals surface area contributed by atoms with Crippen molar-refractivity contribution in [3.63, 3.8) is 0 Å². The van der Waals surface area contributed by atoms with Gasteiger partial charge in [0, 0.05) is 42.4 Å². The lowest BCUT2D eigenvalue weighted by molar-refractivity contribution is -0.117. The summed E-state index contributed by atoms with van der Waals surface area (Å²) < 4.78 is 5.44. The molecule has 1 saturated heterocycles. The molecule has 5 rings (SSSR count). The van der Waals surface area contributed by atoms with E-state index in [0.29, 0.717) is 12.5 Å². The second kappa shape index (κ2) is 9.28. The molecule has 2 aliphatic heterocycles. The number of anilines is 4. The topological polar surface area (TPSA) is 44.8 Å². The Morgan fingerprint density at radius 2 is 1.58 bits per heavy atom. The van der Waals surface area contributed by atoms with Crippen molar-refractivity contribution in [1.29, 1.82) is 0 Å². The average molecular weight is 442 g/mol. The number of rotatable bonds is 5. The Kier molecular flexibility index (Phi) is 6.05. The van der Waals surface area contributed by atoms with E-state index >= 15 is 0 Å². The van der Waals surface area contributed by atoms with Crippen LogP contribution in [-0.2, 0) is 9.53 Å². The number of hydrogen-bond acceptors (Lipinski definition) is 4. The molecule has 5 nitrogen and oxygen atoms in total. The zero-order valence-electron chi connectivity index (χ0n) is 19.3. The molecule has 170 valence electrons. The van der Waals surface area contributed by atoms with Crippen LogP contribution in [0, 0.1) is 0 Å². The van der Waals surface area contributed by atoms with Crippen molar-refractivity contribution in [3.8, 4) is 0 Å². The van der Waals surface area contributed by atoms with Gasteiger partial charge in [-0.3, -0.25) is 4.79 Å². The molecule has 1 unspecified atom stereocenters. The second-order valence-electron chi connectivity index (χ2n) is 9.07. The average Bonchev–Trinajstić information content (AvgIpc) is 3.25. The lowest BCUT2D eigenvalue weighted by atomic mass is 10.0. The van der Waals surface area contributed by atoms with Crippen molar-refractivity contribution in [2.75, 3.05) is 48.0 Å². The van der Waals surface area contributed by atoms with Crippen LogP contribution in [0.4, 0.5) is 22.7 Å². The monoisotopic (exact) mass is 441 g/mol. The van der Waals surface area contributed by atoms with Gasteiger partial charge in [-0.15, -0.1) is 0 Å². The number of carbonyl (C=O) groups excluding carboxylic acids is 1. The van der Waals surface area contributed by atoms with E-state index in [4.69, 9.17) is 4.74 Å². The Labute approximate surface area is 196 Å². The number of ether oxygens (including phenoxy) is 1. The highest BCUT2D eigenvalue weighted by Gasteiger charge is 2.35. The number of nitrogens with one attached hydrogen (secondary N) is 1. The van der Waals surface area contributed by atoms with Crippen LogP contribution in [0.15, 0.2) is 72.8 Å². The van der Waals surface area contributed by atoms with E-state index in [0.717, 1.165) is 43.2 Å². The van der Waals surface area contributed by atoms with Crippen LogP contribution in [0.2, 0.25) is 0 Å². The fraction of sp³-hybridized carbons (Fsp3) is 0.321. The van der Waals surface area contributed by atoms with E-state index in [1.165, 1.54) is 16.9 Å².